The van der Waals surface area contributed by atoms with Crippen LogP contribution in [0.4, 0.5) is 0 Å². The number of rotatable bonds is 8. The number of H-pyrrole nitrogens is 1. The number of amides is 4. The maximum absolute atomic E-state index is 14.2. The number of carboxylic acid groups (broad SMARTS) is 1. The van der Waals surface area contributed by atoms with E-state index in [-0.39, 0.29) is 55.8 Å². The highest BCUT2D eigenvalue weighted by molar-refractivity contribution is 7.87. The molecular weight excluding hydrogens is 644 g/mol. The Balaban J connectivity index is 1.59. The van der Waals surface area contributed by atoms with E-state index >= 15 is 0 Å². The molecule has 1 aromatic rings. The molecule has 0 spiro atoms. The highest BCUT2D eigenvalue weighted by Crippen LogP contribution is 2.31. The van der Waals surface area contributed by atoms with Gasteiger partial charge in [0.25, 0.3) is 16.1 Å². The van der Waals surface area contributed by atoms with Gasteiger partial charge in [-0.25, -0.2) is 4.79 Å². The van der Waals surface area contributed by atoms with Gasteiger partial charge in [0.15, 0.2) is 0 Å². The smallest absolute Gasteiger partial charge is 0.326 e. The van der Waals surface area contributed by atoms with E-state index < -0.39 is 58.1 Å². The summed E-state index contributed by atoms with van der Waals surface area (Å²) < 4.78 is 30.8. The lowest BCUT2D eigenvalue weighted by Crippen LogP contribution is -2.55. The monoisotopic (exact) mass is 694 g/mol. The average molecular weight is 695 g/mol. The van der Waals surface area contributed by atoms with E-state index in [1.54, 1.807) is 6.07 Å². The van der Waals surface area contributed by atoms with Crippen LogP contribution in [0.15, 0.2) is 6.07 Å². The lowest BCUT2D eigenvalue weighted by atomic mass is 9.83. The van der Waals surface area contributed by atoms with Crippen molar-refractivity contribution in [2.75, 3.05) is 26.2 Å². The Bertz CT molecular complexity index is 1450. The lowest BCUT2D eigenvalue weighted by Gasteiger charge is -2.36. The molecule has 1 aromatic heterocycles. The fourth-order valence-electron chi connectivity index (χ4n) is 6.33. The predicted molar refractivity (Wildman–Crippen MR) is 175 cm³/mol. The van der Waals surface area contributed by atoms with E-state index in [1.165, 1.54) is 9.21 Å². The topological polar surface area (TPSA) is 223 Å². The minimum absolute atomic E-state index is 0.0129. The van der Waals surface area contributed by atoms with Crippen molar-refractivity contribution in [1.29, 1.82) is 0 Å². The van der Waals surface area contributed by atoms with Crippen LogP contribution in [0.25, 0.3) is 0 Å². The second kappa shape index (κ2) is 15.8. The summed E-state index contributed by atoms with van der Waals surface area (Å²) in [6.07, 6.45) is 2.69. The largest absolute Gasteiger partial charge is 0.480 e. The molecule has 4 rings (SSSR count). The highest BCUT2D eigenvalue weighted by atomic mass is 32.2. The van der Waals surface area contributed by atoms with Crippen LogP contribution in [0.2, 0.25) is 0 Å². The molecule has 6 N–H and O–H groups in total. The molecule has 268 valence electrons. The Labute approximate surface area is 281 Å². The third-order valence-electron chi connectivity index (χ3n) is 9.23. The van der Waals surface area contributed by atoms with Crippen molar-refractivity contribution >= 4 is 39.8 Å². The first-order valence-corrected chi connectivity index (χ1v) is 18.2. The summed E-state index contributed by atoms with van der Waals surface area (Å²) in [4.78, 5) is 66.8. The number of aliphatic carboxylic acids is 1. The Morgan fingerprint density at radius 3 is 2.50 bits per heavy atom. The van der Waals surface area contributed by atoms with Crippen LogP contribution in [0.1, 0.15) is 95.2 Å². The molecule has 0 radical (unpaired) electrons. The first-order valence-electron chi connectivity index (χ1n) is 16.8. The average Bonchev–Trinajstić information content (AvgIpc) is 3.64. The van der Waals surface area contributed by atoms with Crippen molar-refractivity contribution in [3.8, 4) is 0 Å². The van der Waals surface area contributed by atoms with Gasteiger partial charge in [-0.15, -0.1) is 0 Å². The minimum atomic E-state index is -3.96. The van der Waals surface area contributed by atoms with E-state index in [1.807, 2.05) is 13.8 Å². The molecule has 3 saturated heterocycles. The van der Waals surface area contributed by atoms with Gasteiger partial charge in [-0.1, -0.05) is 27.7 Å². The third-order valence-corrected chi connectivity index (χ3v) is 10.9. The second-order valence-corrected chi connectivity index (χ2v) is 16.0. The predicted octanol–water partition coefficient (Wildman–Crippen LogP) is 0.282. The summed E-state index contributed by atoms with van der Waals surface area (Å²) in [5.74, 6) is -3.39. The molecular formula is C31H50N8O8S. The molecule has 4 amide bonds. The first-order chi connectivity index (χ1) is 22.5. The molecule has 0 aliphatic carbocycles. The normalized spacial score (nSPS) is 26.6. The van der Waals surface area contributed by atoms with Gasteiger partial charge in [0, 0.05) is 44.3 Å². The minimum Gasteiger partial charge on any atom is -0.480 e. The zero-order valence-corrected chi connectivity index (χ0v) is 29.0. The number of piperidine rings is 1. The second-order valence-electron chi connectivity index (χ2n) is 14.3. The zero-order chi connectivity index (χ0) is 35.2. The Hall–Kier alpha value is -3.57. The number of nitrogens with zero attached hydrogens (tertiary/aromatic N) is 3. The summed E-state index contributed by atoms with van der Waals surface area (Å²) in [7, 11) is -3.96. The molecule has 3 aliphatic heterocycles. The summed E-state index contributed by atoms with van der Waals surface area (Å²) in [5.41, 5.74) is 0.867. The number of hydrogen-bond donors (Lipinski definition) is 6. The first kappa shape index (κ1) is 37.3. The van der Waals surface area contributed by atoms with Crippen molar-refractivity contribution < 1.29 is 37.5 Å². The number of fused-ring (bicyclic) bond motifs is 1. The molecule has 48 heavy (non-hydrogen) atoms. The molecule has 17 heteroatoms. The number of aromatic nitrogens is 2. The van der Waals surface area contributed by atoms with E-state index in [0.717, 1.165) is 5.69 Å². The van der Waals surface area contributed by atoms with Gasteiger partial charge in [0.1, 0.15) is 23.8 Å². The van der Waals surface area contributed by atoms with E-state index in [0.29, 0.717) is 51.1 Å². The number of carbonyl (C=O) groups excluding carboxylic acids is 4. The number of nitrogens with one attached hydrogen (secondary N) is 5. The van der Waals surface area contributed by atoms with E-state index in [2.05, 4.69) is 44.7 Å². The highest BCUT2D eigenvalue weighted by Gasteiger charge is 2.45. The van der Waals surface area contributed by atoms with Gasteiger partial charge in [0.2, 0.25) is 17.7 Å². The van der Waals surface area contributed by atoms with E-state index in [9.17, 15) is 37.5 Å². The van der Waals surface area contributed by atoms with Crippen molar-refractivity contribution in [2.45, 2.75) is 110 Å². The molecule has 0 bridgehead atoms. The maximum Gasteiger partial charge on any atom is 0.326 e. The quantitative estimate of drug-likeness (QED) is 0.220. The van der Waals surface area contributed by atoms with Gasteiger partial charge in [-0.2, -0.15) is 22.5 Å². The lowest BCUT2D eigenvalue weighted by molar-refractivity contribution is -0.144. The number of carbonyl (C=O) groups is 5. The Morgan fingerprint density at radius 1 is 1.12 bits per heavy atom. The Kier molecular flexibility index (Phi) is 12.2. The van der Waals surface area contributed by atoms with Gasteiger partial charge in [-0.3, -0.25) is 24.3 Å². The molecule has 3 fully saturated rings. The van der Waals surface area contributed by atoms with Crippen LogP contribution in [0.3, 0.4) is 0 Å². The fourth-order valence-corrected chi connectivity index (χ4v) is 7.74. The van der Waals surface area contributed by atoms with Gasteiger partial charge in [-0.05, 0) is 68.8 Å². The maximum atomic E-state index is 14.2. The molecule has 0 aromatic carbocycles. The van der Waals surface area contributed by atoms with Crippen LogP contribution >= 0.6 is 0 Å². The van der Waals surface area contributed by atoms with Crippen LogP contribution in [-0.4, -0.2) is 113 Å². The van der Waals surface area contributed by atoms with Crippen LogP contribution in [-0.2, 0) is 35.8 Å². The molecule has 0 unspecified atom stereocenters. The third kappa shape index (κ3) is 9.98. The summed E-state index contributed by atoms with van der Waals surface area (Å²) >= 11 is 0. The van der Waals surface area contributed by atoms with Crippen molar-refractivity contribution in [3.63, 3.8) is 0 Å². The van der Waals surface area contributed by atoms with Gasteiger partial charge < -0.3 is 26.0 Å². The van der Waals surface area contributed by atoms with Gasteiger partial charge in [0.05, 0.1) is 0 Å². The Morgan fingerprint density at radius 2 is 1.83 bits per heavy atom. The standard InChI is InChI=1S/C31H50N8O8S/c1-19(2)15-20-16-24(36-35-20)27(41)33-22-7-5-6-12-32-26(40)9-8-23(30(44)45)34-28(42)25-17-21(18-39(25)29(22)43)37-48(46,47)38-13-10-31(3,4)11-14-38/h16,19,21-23,25,37H,5-15,17-18H2,1-4H3,(H,32,40)(H,33,41)(H,34,42)(H,35,36)(H,44,45)/t21-,22+,23+,25+/m1/s1. The fraction of sp³-hybridized carbons (Fsp3) is 0.742. The molecule has 3 aliphatic rings. The number of aromatic amines is 1. The van der Waals surface area contributed by atoms with E-state index in [4.69, 9.17) is 0 Å². The number of hydrogen-bond acceptors (Lipinski definition) is 8. The summed E-state index contributed by atoms with van der Waals surface area (Å²) in [6, 6.07) is -2.97. The molecule has 4 heterocycles. The zero-order valence-electron chi connectivity index (χ0n) is 28.2. The molecule has 4 atom stereocenters. The SMILES string of the molecule is CC(C)Cc1cc(C(=O)N[C@H]2CCCCNC(=O)CC[C@@H](C(=O)O)NC(=O)[C@@H]3C[C@@H](NS(=O)(=O)N4CCC(C)(C)CC4)CN3C2=O)n[nH]1. The number of carboxylic acids is 1. The summed E-state index contributed by atoms with van der Waals surface area (Å²) in [5, 5.41) is 24.7. The van der Waals surface area contributed by atoms with Crippen LogP contribution in [0, 0.1) is 11.3 Å². The van der Waals surface area contributed by atoms with Crippen LogP contribution < -0.4 is 20.7 Å². The molecule has 0 saturated carbocycles. The molecule has 16 nitrogen and oxygen atoms in total. The van der Waals surface area contributed by atoms with Crippen LogP contribution in [0.5, 0.6) is 0 Å². The van der Waals surface area contributed by atoms with Gasteiger partial charge >= 0.3 is 5.97 Å². The van der Waals surface area contributed by atoms with Crippen molar-refractivity contribution in [3.05, 3.63) is 17.5 Å². The van der Waals surface area contributed by atoms with Crippen molar-refractivity contribution in [1.82, 2.24) is 40.1 Å². The summed E-state index contributed by atoms with van der Waals surface area (Å²) in [6.45, 7) is 8.99. The van der Waals surface area contributed by atoms with Crippen molar-refractivity contribution in [2.24, 2.45) is 11.3 Å².